The third-order valence-electron chi connectivity index (χ3n) is 2.60. The largest absolute Gasteiger partial charge is 0.0837 e. The fraction of sp³-hybridized carbons (Fsp3) is 0.600. The molecule has 0 N–H and O–H groups in total. The second-order valence-corrected chi connectivity index (χ2v) is 3.65. The van der Waals surface area contributed by atoms with Gasteiger partial charge in [0, 0.05) is 0 Å². The molecule has 0 saturated heterocycles. The highest BCUT2D eigenvalue weighted by Gasteiger charge is 2.24. The normalized spacial score (nSPS) is 31.6. The lowest BCUT2D eigenvalue weighted by atomic mass is 9.74. The molecule has 0 nitrogen and oxygen atoms in total. The van der Waals surface area contributed by atoms with Crippen LogP contribution in [0.1, 0.15) is 27.2 Å². The highest BCUT2D eigenvalue weighted by Crippen LogP contribution is 2.34. The number of hydrogen-bond acceptors (Lipinski definition) is 0. The van der Waals surface area contributed by atoms with Crippen molar-refractivity contribution in [1.29, 1.82) is 0 Å². The zero-order valence-electron chi connectivity index (χ0n) is 7.09. The Hall–Kier alpha value is -0.520. The molecule has 1 atom stereocenters. The quantitative estimate of drug-likeness (QED) is 0.519. The molecular formula is C10H16. The van der Waals surface area contributed by atoms with Gasteiger partial charge in [-0.05, 0) is 17.8 Å². The van der Waals surface area contributed by atoms with Crippen molar-refractivity contribution in [3.05, 3.63) is 24.3 Å². The maximum Gasteiger partial charge on any atom is -0.00859 e. The van der Waals surface area contributed by atoms with Gasteiger partial charge in [0.25, 0.3) is 0 Å². The van der Waals surface area contributed by atoms with E-state index in [1.165, 1.54) is 6.42 Å². The fourth-order valence-electron chi connectivity index (χ4n) is 1.17. The molecule has 1 aliphatic rings. The van der Waals surface area contributed by atoms with Crippen LogP contribution in [0.25, 0.3) is 0 Å². The van der Waals surface area contributed by atoms with Gasteiger partial charge in [-0.15, -0.1) is 0 Å². The van der Waals surface area contributed by atoms with Crippen LogP contribution in [0.4, 0.5) is 0 Å². The van der Waals surface area contributed by atoms with E-state index in [-0.39, 0.29) is 0 Å². The Morgan fingerprint density at radius 1 is 1.30 bits per heavy atom. The molecule has 0 aromatic heterocycles. The monoisotopic (exact) mass is 136 g/mol. The van der Waals surface area contributed by atoms with Gasteiger partial charge in [0.1, 0.15) is 0 Å². The number of rotatable bonds is 1. The lowest BCUT2D eigenvalue weighted by molar-refractivity contribution is 0.299. The van der Waals surface area contributed by atoms with Crippen LogP contribution in [-0.2, 0) is 0 Å². The van der Waals surface area contributed by atoms with Crippen molar-refractivity contribution >= 4 is 0 Å². The molecule has 56 valence electrons. The first-order chi connectivity index (χ1) is 4.65. The minimum Gasteiger partial charge on any atom is -0.0837 e. The van der Waals surface area contributed by atoms with E-state index in [9.17, 15) is 0 Å². The SMILES string of the molecule is CC(C)C1(C)C=CC=CC1. The van der Waals surface area contributed by atoms with Gasteiger partial charge in [-0.2, -0.15) is 0 Å². The van der Waals surface area contributed by atoms with Crippen LogP contribution >= 0.6 is 0 Å². The van der Waals surface area contributed by atoms with Crippen LogP contribution in [0.3, 0.4) is 0 Å². The van der Waals surface area contributed by atoms with Crippen molar-refractivity contribution in [2.75, 3.05) is 0 Å². The topological polar surface area (TPSA) is 0 Å². The number of hydrogen-bond donors (Lipinski definition) is 0. The first-order valence-electron chi connectivity index (χ1n) is 3.99. The van der Waals surface area contributed by atoms with Gasteiger partial charge in [-0.1, -0.05) is 45.1 Å². The van der Waals surface area contributed by atoms with Crippen LogP contribution in [0.15, 0.2) is 24.3 Å². The summed E-state index contributed by atoms with van der Waals surface area (Å²) < 4.78 is 0. The highest BCUT2D eigenvalue weighted by atomic mass is 14.3. The molecule has 1 unspecified atom stereocenters. The summed E-state index contributed by atoms with van der Waals surface area (Å²) in [6.45, 7) is 6.88. The van der Waals surface area contributed by atoms with Gasteiger partial charge in [-0.3, -0.25) is 0 Å². The first-order valence-corrected chi connectivity index (χ1v) is 3.99. The summed E-state index contributed by atoms with van der Waals surface area (Å²) in [5.41, 5.74) is 0.411. The summed E-state index contributed by atoms with van der Waals surface area (Å²) in [4.78, 5) is 0. The fourth-order valence-corrected chi connectivity index (χ4v) is 1.17. The minimum atomic E-state index is 0.411. The van der Waals surface area contributed by atoms with E-state index in [0.717, 1.165) is 5.92 Å². The van der Waals surface area contributed by atoms with Crippen molar-refractivity contribution in [2.24, 2.45) is 11.3 Å². The van der Waals surface area contributed by atoms with Crippen LogP contribution in [0, 0.1) is 11.3 Å². The van der Waals surface area contributed by atoms with Crippen LogP contribution in [0.2, 0.25) is 0 Å². The third-order valence-corrected chi connectivity index (χ3v) is 2.60. The smallest absolute Gasteiger partial charge is 0.00859 e. The Labute approximate surface area is 63.6 Å². The summed E-state index contributed by atoms with van der Waals surface area (Å²) in [6.07, 6.45) is 10.0. The van der Waals surface area contributed by atoms with Crippen molar-refractivity contribution < 1.29 is 0 Å². The molecule has 0 spiro atoms. The molecular weight excluding hydrogens is 120 g/mol. The van der Waals surface area contributed by atoms with Gasteiger partial charge in [0.15, 0.2) is 0 Å². The molecule has 1 aliphatic carbocycles. The Kier molecular flexibility index (Phi) is 1.98. The maximum absolute atomic E-state index is 2.32. The molecule has 0 radical (unpaired) electrons. The molecule has 0 heteroatoms. The summed E-state index contributed by atoms with van der Waals surface area (Å²) in [6, 6.07) is 0. The van der Waals surface area contributed by atoms with Crippen molar-refractivity contribution in [1.82, 2.24) is 0 Å². The maximum atomic E-state index is 2.32. The van der Waals surface area contributed by atoms with Gasteiger partial charge >= 0.3 is 0 Å². The Balaban J connectivity index is 2.70. The lowest BCUT2D eigenvalue weighted by Gasteiger charge is -2.30. The van der Waals surface area contributed by atoms with E-state index < -0.39 is 0 Å². The summed E-state index contributed by atoms with van der Waals surface area (Å²) in [5, 5.41) is 0. The van der Waals surface area contributed by atoms with Crippen LogP contribution in [-0.4, -0.2) is 0 Å². The van der Waals surface area contributed by atoms with E-state index in [0.29, 0.717) is 5.41 Å². The molecule has 10 heavy (non-hydrogen) atoms. The van der Waals surface area contributed by atoms with E-state index in [2.05, 4.69) is 45.1 Å². The van der Waals surface area contributed by atoms with Gasteiger partial charge in [0.2, 0.25) is 0 Å². The van der Waals surface area contributed by atoms with Gasteiger partial charge < -0.3 is 0 Å². The van der Waals surface area contributed by atoms with Crippen molar-refractivity contribution in [3.63, 3.8) is 0 Å². The van der Waals surface area contributed by atoms with Crippen LogP contribution in [0.5, 0.6) is 0 Å². The Morgan fingerprint density at radius 2 is 2.00 bits per heavy atom. The summed E-state index contributed by atoms with van der Waals surface area (Å²) >= 11 is 0. The second kappa shape index (κ2) is 2.61. The van der Waals surface area contributed by atoms with E-state index >= 15 is 0 Å². The average molecular weight is 136 g/mol. The van der Waals surface area contributed by atoms with Crippen molar-refractivity contribution in [3.8, 4) is 0 Å². The summed E-state index contributed by atoms with van der Waals surface area (Å²) in [5.74, 6) is 0.744. The van der Waals surface area contributed by atoms with Gasteiger partial charge in [-0.25, -0.2) is 0 Å². The standard InChI is InChI=1S/C10H16/c1-9(2)10(3)7-5-4-6-8-10/h4-7,9H,8H2,1-3H3. The molecule has 1 rings (SSSR count). The minimum absolute atomic E-state index is 0.411. The van der Waals surface area contributed by atoms with E-state index in [4.69, 9.17) is 0 Å². The Bertz CT molecular complexity index is 163. The molecule has 0 fully saturated rings. The van der Waals surface area contributed by atoms with E-state index in [1.807, 2.05) is 0 Å². The predicted octanol–water partition coefficient (Wildman–Crippen LogP) is 3.16. The Morgan fingerprint density at radius 3 is 2.30 bits per heavy atom. The molecule has 0 aromatic rings. The number of allylic oxidation sites excluding steroid dienone is 4. The lowest BCUT2D eigenvalue weighted by Crippen LogP contribution is -2.20. The molecule has 0 aromatic carbocycles. The van der Waals surface area contributed by atoms with E-state index in [1.54, 1.807) is 0 Å². The predicted molar refractivity (Wildman–Crippen MR) is 45.8 cm³/mol. The highest BCUT2D eigenvalue weighted by molar-refractivity contribution is 5.16. The average Bonchev–Trinajstić information content (AvgIpc) is 1.89. The zero-order chi connectivity index (χ0) is 7.61. The summed E-state index contributed by atoms with van der Waals surface area (Å²) in [7, 11) is 0. The molecule has 0 amide bonds. The molecule has 0 heterocycles. The molecule has 0 aliphatic heterocycles. The third kappa shape index (κ3) is 1.31. The zero-order valence-corrected chi connectivity index (χ0v) is 7.09. The van der Waals surface area contributed by atoms with Crippen LogP contribution < -0.4 is 0 Å². The second-order valence-electron chi connectivity index (χ2n) is 3.65. The van der Waals surface area contributed by atoms with Crippen molar-refractivity contribution in [2.45, 2.75) is 27.2 Å². The molecule has 0 saturated carbocycles. The first kappa shape index (κ1) is 7.59. The molecule has 0 bridgehead atoms. The van der Waals surface area contributed by atoms with Gasteiger partial charge in [0.05, 0.1) is 0 Å².